The molecule has 0 fully saturated rings. The Kier molecular flexibility index (Phi) is 1.62. The molecule has 8 heteroatoms. The summed E-state index contributed by atoms with van der Waals surface area (Å²) in [6, 6.07) is 2.18. The smallest absolute Gasteiger partial charge is 0.302 e. The molecule has 1 aromatic rings. The zero-order valence-corrected chi connectivity index (χ0v) is 7.95. The van der Waals surface area contributed by atoms with Gasteiger partial charge in [-0.05, 0) is 12.1 Å². The molecule has 1 aromatic carbocycles. The molecule has 0 spiro atoms. The van der Waals surface area contributed by atoms with Gasteiger partial charge in [-0.2, -0.15) is 0 Å². The van der Waals surface area contributed by atoms with Gasteiger partial charge in [0.05, 0.1) is 9.82 Å². The third-order valence-corrected chi connectivity index (χ3v) is 3.73. The van der Waals surface area contributed by atoms with E-state index >= 15 is 0 Å². The van der Waals surface area contributed by atoms with Crippen molar-refractivity contribution in [2.45, 2.75) is 9.79 Å². The summed E-state index contributed by atoms with van der Waals surface area (Å²) in [7, 11) is -3.66. The molecular weight excluding hydrogens is 224 g/mol. The number of amides is 1. The fourth-order valence-electron chi connectivity index (χ4n) is 1.36. The van der Waals surface area contributed by atoms with Crippen LogP contribution in [0, 0.1) is 10.1 Å². The summed E-state index contributed by atoms with van der Waals surface area (Å²) in [6.45, 7) is 0. The highest BCUT2D eigenvalue weighted by molar-refractivity contribution is 7.97. The summed E-state index contributed by atoms with van der Waals surface area (Å²) < 4.78 is 22.3. The van der Waals surface area contributed by atoms with E-state index in [2.05, 4.69) is 0 Å². The number of benzene rings is 1. The topological polar surface area (TPSA) is 120 Å². The predicted octanol–water partition coefficient (Wildman–Crippen LogP) is -0.160. The largest absolute Gasteiger partial charge is 0.365 e. The first kappa shape index (κ1) is 9.59. The molecule has 15 heavy (non-hydrogen) atoms. The Morgan fingerprint density at radius 1 is 1.40 bits per heavy atom. The molecule has 2 N–H and O–H groups in total. The first-order chi connectivity index (χ1) is 6.87. The summed E-state index contributed by atoms with van der Waals surface area (Å²) in [5, 5.41) is 10.6. The Morgan fingerprint density at radius 2 is 2.00 bits per heavy atom. The van der Waals surface area contributed by atoms with Gasteiger partial charge in [-0.15, -0.1) is 0 Å². The molecule has 7 nitrogen and oxygen atoms in total. The van der Waals surface area contributed by atoms with E-state index in [1.54, 1.807) is 0 Å². The number of rotatable bonds is 2. The van der Waals surface area contributed by atoms with Crippen molar-refractivity contribution < 1.29 is 18.1 Å². The number of fused-ring (bicyclic) bond motifs is 1. The lowest BCUT2D eigenvalue weighted by molar-refractivity contribution is -0.387. The molecule has 1 aliphatic rings. The van der Waals surface area contributed by atoms with Gasteiger partial charge in [-0.1, -0.05) is 0 Å². The zero-order valence-electron chi connectivity index (χ0n) is 7.13. The van der Waals surface area contributed by atoms with Crippen molar-refractivity contribution in [3.63, 3.8) is 0 Å². The van der Waals surface area contributed by atoms with E-state index in [4.69, 9.17) is 5.73 Å². The third-order valence-electron chi connectivity index (χ3n) is 2.06. The minimum Gasteiger partial charge on any atom is -0.365 e. The van der Waals surface area contributed by atoms with Crippen LogP contribution >= 0.6 is 0 Å². The second-order valence-electron chi connectivity index (χ2n) is 2.91. The second kappa shape index (κ2) is 2.54. The monoisotopic (exact) mass is 228 g/mol. The van der Waals surface area contributed by atoms with Gasteiger partial charge in [0.2, 0.25) is 9.84 Å². The number of hydrogen-bond donors (Lipinski definition) is 1. The van der Waals surface area contributed by atoms with Crippen LogP contribution < -0.4 is 5.73 Å². The average molecular weight is 228 g/mol. The standard InChI is InChI=1S/C7H4N2O5S/c8-7(10)3-1-2-4-6(15(4,13)14)5(3)9(11)12/h1-2H,(H2,8,10). The first-order valence-electron chi connectivity index (χ1n) is 3.73. The van der Waals surface area contributed by atoms with Crippen molar-refractivity contribution in [1.82, 2.24) is 0 Å². The number of carbonyl (C=O) groups is 1. The fraction of sp³-hybridized carbons (Fsp3) is 0. The molecule has 1 aliphatic heterocycles. The van der Waals surface area contributed by atoms with E-state index in [0.29, 0.717) is 0 Å². The van der Waals surface area contributed by atoms with Crippen LogP contribution in [0.1, 0.15) is 10.4 Å². The fourth-order valence-corrected chi connectivity index (χ4v) is 2.83. The number of primary amides is 1. The number of sulfone groups is 1. The van der Waals surface area contributed by atoms with Gasteiger partial charge >= 0.3 is 5.69 Å². The van der Waals surface area contributed by atoms with E-state index in [-0.39, 0.29) is 10.5 Å². The molecule has 0 bridgehead atoms. The average Bonchev–Trinajstić information content (AvgIpc) is 2.68. The van der Waals surface area contributed by atoms with Crippen LogP contribution in [0.5, 0.6) is 0 Å². The van der Waals surface area contributed by atoms with Gasteiger partial charge < -0.3 is 5.73 Å². The van der Waals surface area contributed by atoms with Gasteiger partial charge in [-0.25, -0.2) is 8.42 Å². The third kappa shape index (κ3) is 1.11. The number of nitrogens with zero attached hydrogens (tertiary/aromatic N) is 1. The summed E-state index contributed by atoms with van der Waals surface area (Å²) >= 11 is 0. The van der Waals surface area contributed by atoms with Crippen LogP contribution in [0.4, 0.5) is 5.69 Å². The van der Waals surface area contributed by atoms with E-state index < -0.39 is 31.3 Å². The quantitative estimate of drug-likeness (QED) is 0.435. The highest BCUT2D eigenvalue weighted by atomic mass is 32.2. The maximum absolute atomic E-state index is 11.2. The summed E-state index contributed by atoms with van der Waals surface area (Å²) in [4.78, 5) is 20.0. The lowest BCUT2D eigenvalue weighted by Gasteiger charge is -1.94. The molecule has 0 aliphatic carbocycles. The molecule has 78 valence electrons. The van der Waals surface area contributed by atoms with Gasteiger partial charge in [0, 0.05) is 0 Å². The van der Waals surface area contributed by atoms with Crippen LogP contribution in [0.3, 0.4) is 0 Å². The molecule has 0 unspecified atom stereocenters. The Bertz CT molecular complexity index is 604. The van der Waals surface area contributed by atoms with Crippen LogP contribution in [-0.2, 0) is 9.84 Å². The first-order valence-corrected chi connectivity index (χ1v) is 5.22. The number of nitro benzene ring substituents is 1. The van der Waals surface area contributed by atoms with Crippen molar-refractivity contribution in [3.05, 3.63) is 27.8 Å². The molecule has 0 atom stereocenters. The Labute approximate surface area is 83.6 Å². The van der Waals surface area contributed by atoms with Crippen LogP contribution in [0.15, 0.2) is 21.9 Å². The van der Waals surface area contributed by atoms with Crippen molar-refractivity contribution in [3.8, 4) is 0 Å². The molecular formula is C7H4N2O5S. The van der Waals surface area contributed by atoms with Crippen LogP contribution in [0.2, 0.25) is 0 Å². The highest BCUT2D eigenvalue weighted by Gasteiger charge is 2.49. The molecule has 0 radical (unpaired) electrons. The van der Waals surface area contributed by atoms with E-state index in [1.807, 2.05) is 0 Å². The van der Waals surface area contributed by atoms with Gasteiger partial charge in [-0.3, -0.25) is 14.9 Å². The van der Waals surface area contributed by atoms with Crippen LogP contribution in [-0.4, -0.2) is 19.2 Å². The number of nitrogens with two attached hydrogens (primary N) is 1. The van der Waals surface area contributed by atoms with Gasteiger partial charge in [0.25, 0.3) is 5.91 Å². The Balaban J connectivity index is 2.81. The van der Waals surface area contributed by atoms with Gasteiger partial charge in [0.1, 0.15) is 5.56 Å². The maximum atomic E-state index is 11.2. The molecule has 0 saturated heterocycles. The number of carbonyl (C=O) groups excluding carboxylic acids is 1. The SMILES string of the molecule is NC(=O)c1ccc2c(c1[N+](=O)[O-])S2(=O)=O. The predicted molar refractivity (Wildman–Crippen MR) is 47.1 cm³/mol. The molecule has 0 saturated carbocycles. The molecule has 1 heterocycles. The zero-order chi connectivity index (χ0) is 11.4. The maximum Gasteiger partial charge on any atom is 0.302 e. The summed E-state index contributed by atoms with van der Waals surface area (Å²) in [6.07, 6.45) is 0. The lowest BCUT2D eigenvalue weighted by atomic mass is 10.2. The van der Waals surface area contributed by atoms with Crippen molar-refractivity contribution in [1.29, 1.82) is 0 Å². The number of nitro groups is 1. The highest BCUT2D eigenvalue weighted by Crippen LogP contribution is 2.48. The number of hydrogen-bond acceptors (Lipinski definition) is 5. The summed E-state index contributed by atoms with van der Waals surface area (Å²) in [5.41, 5.74) is 3.78. The molecule has 2 rings (SSSR count). The summed E-state index contributed by atoms with van der Waals surface area (Å²) in [5.74, 6) is -1.02. The van der Waals surface area contributed by atoms with Crippen molar-refractivity contribution in [2.75, 3.05) is 0 Å². The molecule has 0 aromatic heterocycles. The Morgan fingerprint density at radius 3 is 2.47 bits per heavy atom. The Hall–Kier alpha value is -1.96. The minimum absolute atomic E-state index is 0.112. The normalized spacial score (nSPS) is 15.5. The van der Waals surface area contributed by atoms with Crippen molar-refractivity contribution in [2.24, 2.45) is 5.73 Å². The van der Waals surface area contributed by atoms with Crippen molar-refractivity contribution >= 4 is 21.4 Å². The molecule has 1 amide bonds. The van der Waals surface area contributed by atoms with Gasteiger partial charge in [0.15, 0.2) is 4.90 Å². The van der Waals surface area contributed by atoms with Crippen LogP contribution in [0.25, 0.3) is 0 Å². The second-order valence-corrected chi connectivity index (χ2v) is 4.77. The van der Waals surface area contributed by atoms with E-state index in [0.717, 1.165) is 12.1 Å². The lowest BCUT2D eigenvalue weighted by Crippen LogP contribution is -2.13. The van der Waals surface area contributed by atoms with E-state index in [1.165, 1.54) is 0 Å². The minimum atomic E-state index is -3.66. The van der Waals surface area contributed by atoms with E-state index in [9.17, 15) is 23.3 Å².